The molecule has 1 fully saturated rings. The molecule has 7 heteroatoms. The van der Waals surface area contributed by atoms with Crippen LogP contribution in [0.5, 0.6) is 0 Å². The van der Waals surface area contributed by atoms with Crippen LogP contribution in [0.3, 0.4) is 0 Å². The van der Waals surface area contributed by atoms with E-state index in [1.54, 1.807) is 0 Å². The molecule has 134 valence electrons. The van der Waals surface area contributed by atoms with Crippen LogP contribution in [0, 0.1) is 23.5 Å². The largest absolute Gasteiger partial charge is 0.391 e. The summed E-state index contributed by atoms with van der Waals surface area (Å²) in [5, 5.41) is 0. The van der Waals surface area contributed by atoms with E-state index >= 15 is 0 Å². The van der Waals surface area contributed by atoms with E-state index in [4.69, 9.17) is 0 Å². The smallest absolute Gasteiger partial charge is 0.341 e. The molecule has 1 aromatic carbocycles. The van der Waals surface area contributed by atoms with E-state index in [0.29, 0.717) is 18.4 Å². The third kappa shape index (κ3) is 5.18. The minimum atomic E-state index is -4.16. The zero-order valence-electron chi connectivity index (χ0n) is 13.4. The standard InChI is InChI=1S/C17H20F5NO/c1-23(10-12-6-14(18)9-15(19)7-12)16(24)8-11-2-4-13(5-3-11)17(20,21)22/h6-7,9,11,13H,2-5,8,10H2,1H3. The molecule has 0 spiro atoms. The van der Waals surface area contributed by atoms with Crippen molar-refractivity contribution in [3.63, 3.8) is 0 Å². The number of hydrogen-bond acceptors (Lipinski definition) is 1. The molecule has 0 atom stereocenters. The lowest BCUT2D eigenvalue weighted by Crippen LogP contribution is -2.31. The second-order valence-electron chi connectivity index (χ2n) is 6.49. The first-order chi connectivity index (χ1) is 11.1. The molecule has 0 heterocycles. The number of carbonyl (C=O) groups is 1. The summed E-state index contributed by atoms with van der Waals surface area (Å²) in [6.07, 6.45) is -3.14. The molecule has 1 aliphatic carbocycles. The highest BCUT2D eigenvalue weighted by atomic mass is 19.4. The van der Waals surface area contributed by atoms with Crippen molar-refractivity contribution >= 4 is 5.91 Å². The van der Waals surface area contributed by atoms with E-state index in [2.05, 4.69) is 0 Å². The van der Waals surface area contributed by atoms with Crippen molar-refractivity contribution in [1.29, 1.82) is 0 Å². The SMILES string of the molecule is CN(Cc1cc(F)cc(F)c1)C(=O)CC1CCC(C(F)(F)F)CC1. The Morgan fingerprint density at radius 3 is 2.12 bits per heavy atom. The molecule has 0 N–H and O–H groups in total. The number of hydrogen-bond donors (Lipinski definition) is 0. The van der Waals surface area contributed by atoms with Crippen LogP contribution in [0.2, 0.25) is 0 Å². The average molecular weight is 349 g/mol. The van der Waals surface area contributed by atoms with Crippen molar-refractivity contribution in [3.05, 3.63) is 35.4 Å². The molecule has 0 aliphatic heterocycles. The maximum Gasteiger partial charge on any atom is 0.391 e. The summed E-state index contributed by atoms with van der Waals surface area (Å²) in [7, 11) is 1.52. The van der Waals surface area contributed by atoms with Gasteiger partial charge in [-0.25, -0.2) is 8.78 Å². The van der Waals surface area contributed by atoms with Crippen molar-refractivity contribution in [2.75, 3.05) is 7.05 Å². The number of amides is 1. The predicted octanol–water partition coefficient (Wildman–Crippen LogP) is 4.68. The summed E-state index contributed by atoms with van der Waals surface area (Å²) in [6.45, 7) is 0.0609. The van der Waals surface area contributed by atoms with E-state index < -0.39 is 23.7 Å². The van der Waals surface area contributed by atoms with Crippen LogP contribution < -0.4 is 0 Å². The fourth-order valence-electron chi connectivity index (χ4n) is 3.16. The van der Waals surface area contributed by atoms with Crippen LogP contribution in [0.4, 0.5) is 22.0 Å². The van der Waals surface area contributed by atoms with E-state index in [0.717, 1.165) is 18.2 Å². The minimum Gasteiger partial charge on any atom is -0.341 e. The molecule has 0 radical (unpaired) electrons. The summed E-state index contributed by atoms with van der Waals surface area (Å²) in [5.41, 5.74) is 0.337. The Morgan fingerprint density at radius 2 is 1.62 bits per heavy atom. The van der Waals surface area contributed by atoms with Gasteiger partial charge in [-0.3, -0.25) is 4.79 Å². The molecule has 0 bridgehead atoms. The van der Waals surface area contributed by atoms with Crippen LogP contribution >= 0.6 is 0 Å². The van der Waals surface area contributed by atoms with Gasteiger partial charge in [-0.2, -0.15) is 13.2 Å². The van der Waals surface area contributed by atoms with Gasteiger partial charge in [-0.05, 0) is 49.3 Å². The highest BCUT2D eigenvalue weighted by Gasteiger charge is 2.41. The maximum absolute atomic E-state index is 13.1. The van der Waals surface area contributed by atoms with Crippen molar-refractivity contribution < 1.29 is 26.7 Å². The topological polar surface area (TPSA) is 20.3 Å². The second kappa shape index (κ2) is 7.49. The second-order valence-corrected chi connectivity index (χ2v) is 6.49. The summed E-state index contributed by atoms with van der Waals surface area (Å²) in [6, 6.07) is 3.06. The van der Waals surface area contributed by atoms with Crippen molar-refractivity contribution in [3.8, 4) is 0 Å². The van der Waals surface area contributed by atoms with E-state index in [-0.39, 0.29) is 37.6 Å². The Bertz CT molecular complexity index is 559. The minimum absolute atomic E-state index is 0.0558. The molecule has 1 aromatic rings. The fourth-order valence-corrected chi connectivity index (χ4v) is 3.16. The molecule has 1 aliphatic rings. The number of carbonyl (C=O) groups excluding carboxylic acids is 1. The van der Waals surface area contributed by atoms with Gasteiger partial charge in [0.2, 0.25) is 5.91 Å². The molecule has 0 aromatic heterocycles. The first-order valence-electron chi connectivity index (χ1n) is 7.91. The quantitative estimate of drug-likeness (QED) is 0.723. The van der Waals surface area contributed by atoms with Crippen LogP contribution in [0.25, 0.3) is 0 Å². The summed E-state index contributed by atoms with van der Waals surface area (Å²) in [4.78, 5) is 13.5. The molecule has 1 saturated carbocycles. The highest BCUT2D eigenvalue weighted by Crippen LogP contribution is 2.40. The molecule has 2 rings (SSSR count). The molecule has 0 saturated heterocycles. The number of nitrogens with zero attached hydrogens (tertiary/aromatic N) is 1. The summed E-state index contributed by atoms with van der Waals surface area (Å²) < 4.78 is 64.2. The van der Waals surface area contributed by atoms with Crippen LogP contribution in [-0.4, -0.2) is 24.0 Å². The van der Waals surface area contributed by atoms with Crippen molar-refractivity contribution in [2.45, 2.75) is 44.8 Å². The Labute approximate surface area is 137 Å². The fraction of sp³-hybridized carbons (Fsp3) is 0.588. The lowest BCUT2D eigenvalue weighted by molar-refractivity contribution is -0.184. The highest BCUT2D eigenvalue weighted by molar-refractivity contribution is 5.76. The van der Waals surface area contributed by atoms with Gasteiger partial charge >= 0.3 is 6.18 Å². The molecule has 0 unspecified atom stereocenters. The number of halogens is 5. The Hall–Kier alpha value is -1.66. The third-order valence-corrected chi connectivity index (χ3v) is 4.54. The zero-order chi connectivity index (χ0) is 17.9. The van der Waals surface area contributed by atoms with E-state index in [1.165, 1.54) is 11.9 Å². The van der Waals surface area contributed by atoms with Gasteiger partial charge in [0.15, 0.2) is 0 Å². The monoisotopic (exact) mass is 349 g/mol. The number of alkyl halides is 3. The lowest BCUT2D eigenvalue weighted by Gasteiger charge is -2.30. The van der Waals surface area contributed by atoms with Gasteiger partial charge in [0, 0.05) is 26.1 Å². The average Bonchev–Trinajstić information content (AvgIpc) is 2.45. The number of rotatable bonds is 4. The summed E-state index contributed by atoms with van der Waals surface area (Å²) in [5.74, 6) is -2.98. The van der Waals surface area contributed by atoms with E-state index in [1.807, 2.05) is 0 Å². The Kier molecular flexibility index (Phi) is 5.83. The normalized spacial score (nSPS) is 21.6. The zero-order valence-corrected chi connectivity index (χ0v) is 13.4. The van der Waals surface area contributed by atoms with Gasteiger partial charge < -0.3 is 4.90 Å². The van der Waals surface area contributed by atoms with E-state index in [9.17, 15) is 26.7 Å². The Morgan fingerprint density at radius 1 is 1.08 bits per heavy atom. The van der Waals surface area contributed by atoms with Crippen molar-refractivity contribution in [1.82, 2.24) is 4.90 Å². The third-order valence-electron chi connectivity index (χ3n) is 4.54. The molecule has 2 nitrogen and oxygen atoms in total. The predicted molar refractivity (Wildman–Crippen MR) is 79.0 cm³/mol. The first kappa shape index (κ1) is 18.7. The maximum atomic E-state index is 13.1. The molecule has 24 heavy (non-hydrogen) atoms. The van der Waals surface area contributed by atoms with Crippen molar-refractivity contribution in [2.24, 2.45) is 11.8 Å². The Balaban J connectivity index is 1.84. The summed E-state index contributed by atoms with van der Waals surface area (Å²) >= 11 is 0. The van der Waals surface area contributed by atoms with Crippen LogP contribution in [-0.2, 0) is 11.3 Å². The van der Waals surface area contributed by atoms with Crippen LogP contribution in [0.1, 0.15) is 37.7 Å². The molecule has 1 amide bonds. The number of benzene rings is 1. The first-order valence-corrected chi connectivity index (χ1v) is 7.91. The van der Waals surface area contributed by atoms with Gasteiger partial charge in [0.25, 0.3) is 0 Å². The van der Waals surface area contributed by atoms with Gasteiger partial charge in [0.1, 0.15) is 11.6 Å². The molecular formula is C17H20F5NO. The van der Waals surface area contributed by atoms with Gasteiger partial charge in [0.05, 0.1) is 5.92 Å². The van der Waals surface area contributed by atoms with Crippen LogP contribution in [0.15, 0.2) is 18.2 Å². The molecular weight excluding hydrogens is 329 g/mol. The lowest BCUT2D eigenvalue weighted by atomic mass is 9.80. The van der Waals surface area contributed by atoms with Gasteiger partial charge in [-0.15, -0.1) is 0 Å². The van der Waals surface area contributed by atoms with Gasteiger partial charge in [-0.1, -0.05) is 0 Å².